The van der Waals surface area contributed by atoms with Crippen molar-refractivity contribution in [3.8, 4) is 0 Å². The molecule has 2 aromatic heterocycles. The van der Waals surface area contributed by atoms with Crippen LogP contribution in [0.4, 0.5) is 0 Å². The summed E-state index contributed by atoms with van der Waals surface area (Å²) in [5, 5.41) is 5.48. The lowest BCUT2D eigenvalue weighted by Gasteiger charge is -1.99. The summed E-state index contributed by atoms with van der Waals surface area (Å²) < 4.78 is 4.82. The predicted molar refractivity (Wildman–Crippen MR) is 74.1 cm³/mol. The highest BCUT2D eigenvalue weighted by atomic mass is 32.1. The van der Waals surface area contributed by atoms with Crippen molar-refractivity contribution in [2.45, 2.75) is 0 Å². The van der Waals surface area contributed by atoms with Crippen LogP contribution in [-0.4, -0.2) is 16.7 Å². The number of rotatable bonds is 4. The number of thiophene rings is 1. The van der Waals surface area contributed by atoms with Crippen LogP contribution in [0.25, 0.3) is 0 Å². The first-order valence-corrected chi connectivity index (χ1v) is 6.77. The number of hydrogen-bond acceptors (Lipinski definition) is 5. The van der Waals surface area contributed by atoms with Gasteiger partial charge in [-0.2, -0.15) is 0 Å². The maximum Gasteiger partial charge on any atom is 0.225 e. The lowest BCUT2D eigenvalue weighted by Crippen LogP contribution is -2.09. The molecule has 3 rings (SSSR count). The molecule has 4 nitrogen and oxygen atoms in total. The van der Waals surface area contributed by atoms with Crippen molar-refractivity contribution in [1.82, 2.24) is 5.16 Å². The Kier molecular flexibility index (Phi) is 3.26. The van der Waals surface area contributed by atoms with E-state index < -0.39 is 0 Å². The molecule has 0 spiro atoms. The second kappa shape index (κ2) is 5.22. The highest BCUT2D eigenvalue weighted by Gasteiger charge is 2.24. The third-order valence-corrected chi connectivity index (χ3v) is 3.68. The summed E-state index contributed by atoms with van der Waals surface area (Å²) in [4.78, 5) is 25.1. The average Bonchev–Trinajstić information content (AvgIpc) is 3.18. The van der Waals surface area contributed by atoms with E-state index in [1.165, 1.54) is 17.6 Å². The van der Waals surface area contributed by atoms with Gasteiger partial charge in [-0.1, -0.05) is 41.6 Å². The SMILES string of the molecule is O=C(c1ccccc1)c1conc1C(=O)c1cccs1. The summed E-state index contributed by atoms with van der Waals surface area (Å²) in [6, 6.07) is 12.2. The van der Waals surface area contributed by atoms with E-state index in [-0.39, 0.29) is 22.8 Å². The van der Waals surface area contributed by atoms with Gasteiger partial charge in [0.25, 0.3) is 0 Å². The fourth-order valence-corrected chi connectivity index (χ4v) is 2.50. The van der Waals surface area contributed by atoms with Gasteiger partial charge in [0, 0.05) is 5.56 Å². The summed E-state index contributed by atoms with van der Waals surface area (Å²) >= 11 is 1.30. The first-order chi connectivity index (χ1) is 9.77. The van der Waals surface area contributed by atoms with Crippen LogP contribution in [0.3, 0.4) is 0 Å². The van der Waals surface area contributed by atoms with Crippen LogP contribution in [0.5, 0.6) is 0 Å². The number of ketones is 2. The lowest BCUT2D eigenvalue weighted by molar-refractivity contribution is 0.100. The highest BCUT2D eigenvalue weighted by molar-refractivity contribution is 7.12. The fraction of sp³-hybridized carbons (Fsp3) is 0. The number of carbonyl (C=O) groups is 2. The molecule has 2 heterocycles. The minimum absolute atomic E-state index is 0.0568. The molecule has 5 heteroatoms. The summed E-state index contributed by atoms with van der Waals surface area (Å²) in [6.45, 7) is 0. The molecule has 0 saturated carbocycles. The third-order valence-electron chi connectivity index (χ3n) is 2.81. The van der Waals surface area contributed by atoms with Gasteiger partial charge in [-0.3, -0.25) is 9.59 Å². The maximum atomic E-state index is 12.4. The molecule has 0 radical (unpaired) electrons. The van der Waals surface area contributed by atoms with Gasteiger partial charge < -0.3 is 4.52 Å². The van der Waals surface area contributed by atoms with E-state index in [0.29, 0.717) is 10.4 Å². The summed E-state index contributed by atoms with van der Waals surface area (Å²) in [5.74, 6) is -0.570. The van der Waals surface area contributed by atoms with Crippen molar-refractivity contribution in [1.29, 1.82) is 0 Å². The molecule has 0 N–H and O–H groups in total. The largest absolute Gasteiger partial charge is 0.363 e. The maximum absolute atomic E-state index is 12.4. The van der Waals surface area contributed by atoms with Gasteiger partial charge in [0.2, 0.25) is 5.78 Å². The van der Waals surface area contributed by atoms with E-state index in [1.54, 1.807) is 41.8 Å². The Balaban J connectivity index is 1.99. The van der Waals surface area contributed by atoms with Crippen LogP contribution in [-0.2, 0) is 0 Å². The lowest BCUT2D eigenvalue weighted by atomic mass is 10.0. The minimum Gasteiger partial charge on any atom is -0.363 e. The third kappa shape index (κ3) is 2.19. The van der Waals surface area contributed by atoms with Gasteiger partial charge in [0.05, 0.1) is 10.4 Å². The Labute approximate surface area is 118 Å². The van der Waals surface area contributed by atoms with Gasteiger partial charge >= 0.3 is 0 Å². The zero-order chi connectivity index (χ0) is 13.9. The second-order valence-corrected chi connectivity index (χ2v) is 5.03. The molecule has 0 unspecified atom stereocenters. The zero-order valence-corrected chi connectivity index (χ0v) is 11.1. The normalized spacial score (nSPS) is 10.4. The predicted octanol–water partition coefficient (Wildman–Crippen LogP) is 3.20. The van der Waals surface area contributed by atoms with E-state index in [1.807, 2.05) is 6.07 Å². The number of hydrogen-bond donors (Lipinski definition) is 0. The fourth-order valence-electron chi connectivity index (χ4n) is 1.83. The second-order valence-electron chi connectivity index (χ2n) is 4.08. The number of benzene rings is 1. The molecule has 20 heavy (non-hydrogen) atoms. The Bertz CT molecular complexity index is 745. The van der Waals surface area contributed by atoms with Crippen LogP contribution in [0, 0.1) is 0 Å². The zero-order valence-electron chi connectivity index (χ0n) is 10.3. The molecule has 0 aliphatic heterocycles. The molecule has 98 valence electrons. The Morgan fingerprint density at radius 3 is 2.50 bits per heavy atom. The topological polar surface area (TPSA) is 60.2 Å². The molecule has 0 amide bonds. The molecular weight excluding hydrogens is 274 g/mol. The molecule has 0 saturated heterocycles. The average molecular weight is 283 g/mol. The number of carbonyl (C=O) groups excluding carboxylic acids is 2. The first kappa shape index (κ1) is 12.5. The molecular formula is C15H9NO3S. The van der Waals surface area contributed by atoms with Gasteiger partial charge in [0.15, 0.2) is 11.5 Å². The molecule has 3 aromatic rings. The van der Waals surface area contributed by atoms with Crippen LogP contribution in [0.2, 0.25) is 0 Å². The van der Waals surface area contributed by atoms with Crippen molar-refractivity contribution >= 4 is 22.9 Å². The van der Waals surface area contributed by atoms with E-state index in [0.717, 1.165) is 0 Å². The Hall–Kier alpha value is -2.53. The molecule has 0 aliphatic carbocycles. The van der Waals surface area contributed by atoms with Crippen LogP contribution < -0.4 is 0 Å². The van der Waals surface area contributed by atoms with Crippen molar-refractivity contribution in [2.24, 2.45) is 0 Å². The summed E-state index contributed by atoms with van der Waals surface area (Å²) in [5.41, 5.74) is 0.742. The van der Waals surface area contributed by atoms with Crippen molar-refractivity contribution < 1.29 is 14.1 Å². The smallest absolute Gasteiger partial charge is 0.225 e. The van der Waals surface area contributed by atoms with Crippen LogP contribution in [0.1, 0.15) is 31.3 Å². The van der Waals surface area contributed by atoms with Gasteiger partial charge in [-0.05, 0) is 11.4 Å². The van der Waals surface area contributed by atoms with E-state index in [2.05, 4.69) is 5.16 Å². The van der Waals surface area contributed by atoms with E-state index in [9.17, 15) is 9.59 Å². The molecule has 1 aromatic carbocycles. The van der Waals surface area contributed by atoms with Crippen LogP contribution in [0.15, 0.2) is 58.6 Å². The van der Waals surface area contributed by atoms with Gasteiger partial charge in [-0.15, -0.1) is 11.3 Å². The molecule has 0 aliphatic rings. The molecule has 0 atom stereocenters. The van der Waals surface area contributed by atoms with E-state index >= 15 is 0 Å². The quantitative estimate of drug-likeness (QED) is 0.690. The van der Waals surface area contributed by atoms with Gasteiger partial charge in [-0.25, -0.2) is 0 Å². The Morgan fingerprint density at radius 2 is 1.80 bits per heavy atom. The van der Waals surface area contributed by atoms with Crippen molar-refractivity contribution in [3.63, 3.8) is 0 Å². The van der Waals surface area contributed by atoms with E-state index in [4.69, 9.17) is 4.52 Å². The minimum atomic E-state index is -0.298. The van der Waals surface area contributed by atoms with Gasteiger partial charge in [0.1, 0.15) is 6.26 Å². The molecule has 0 bridgehead atoms. The number of nitrogens with zero attached hydrogens (tertiary/aromatic N) is 1. The standard InChI is InChI=1S/C15H9NO3S/c17-14(10-5-2-1-3-6-10)11-9-19-16-13(11)15(18)12-7-4-8-20-12/h1-9H. The summed E-state index contributed by atoms with van der Waals surface area (Å²) in [6.07, 6.45) is 1.22. The van der Waals surface area contributed by atoms with Crippen LogP contribution >= 0.6 is 11.3 Å². The number of aromatic nitrogens is 1. The van der Waals surface area contributed by atoms with Crippen molar-refractivity contribution in [2.75, 3.05) is 0 Å². The first-order valence-electron chi connectivity index (χ1n) is 5.89. The highest BCUT2D eigenvalue weighted by Crippen LogP contribution is 2.19. The van der Waals surface area contributed by atoms with Crippen molar-refractivity contribution in [3.05, 3.63) is 75.8 Å². The molecule has 0 fully saturated rings. The Morgan fingerprint density at radius 1 is 1.00 bits per heavy atom. The monoisotopic (exact) mass is 283 g/mol. The summed E-state index contributed by atoms with van der Waals surface area (Å²) in [7, 11) is 0.